The quantitative estimate of drug-likeness (QED) is 0.107. The van der Waals surface area contributed by atoms with Gasteiger partial charge in [-0.05, 0) is 92.4 Å². The third-order valence-electron chi connectivity index (χ3n) is 13.1. The zero-order valence-electron chi connectivity index (χ0n) is 59.5. The molecule has 3 nitrogen and oxygen atoms in total. The first-order chi connectivity index (χ1) is 44.3. The molecular formula is C66H45N3Si. The van der Waals surface area contributed by atoms with Crippen molar-refractivity contribution in [3.8, 4) is 28.2 Å². The molecular weight excluding hydrogens is 863 g/mol. The molecule has 3 aromatic heterocycles. The first-order valence-corrected chi connectivity index (χ1v) is 24.3. The molecule has 0 unspecified atom stereocenters. The largest absolute Gasteiger partial charge is 0.309 e. The Morgan fingerprint density at radius 3 is 1.00 bits per heavy atom. The van der Waals surface area contributed by atoms with Gasteiger partial charge in [0.2, 0.25) is 0 Å². The second-order valence-corrected chi connectivity index (χ2v) is 20.5. The lowest BCUT2D eigenvalue weighted by Crippen LogP contribution is -2.74. The minimum atomic E-state index is -3.19. The molecule has 0 radical (unpaired) electrons. The van der Waals surface area contributed by atoms with Crippen LogP contribution in [0.4, 0.5) is 0 Å². The maximum Gasteiger partial charge on any atom is 0.179 e. The number of fused-ring (bicyclic) bond motifs is 9. The third kappa shape index (κ3) is 6.07. The van der Waals surface area contributed by atoms with E-state index in [1.165, 1.54) is 15.2 Å². The molecule has 0 saturated heterocycles. The van der Waals surface area contributed by atoms with E-state index in [1.807, 2.05) is 78.9 Å². The van der Waals surface area contributed by atoms with Gasteiger partial charge >= 0.3 is 0 Å². The second-order valence-electron chi connectivity index (χ2n) is 16.7. The van der Waals surface area contributed by atoms with Crippen LogP contribution in [0.3, 0.4) is 0 Å². The van der Waals surface area contributed by atoms with E-state index in [4.69, 9.17) is 16.4 Å². The average Bonchev–Trinajstić information content (AvgIpc) is 1.53. The monoisotopic (exact) mass is 930 g/mol. The summed E-state index contributed by atoms with van der Waals surface area (Å²) in [6.07, 6.45) is 0. The maximum atomic E-state index is 10.5. The van der Waals surface area contributed by atoms with Crippen molar-refractivity contribution >= 4 is 94.2 Å². The molecule has 0 amide bonds. The summed E-state index contributed by atoms with van der Waals surface area (Å²) in [7, 11) is -3.19. The summed E-state index contributed by atoms with van der Waals surface area (Å²) in [5.74, 6) is 0. The second kappa shape index (κ2) is 16.1. The number of nitrogens with zero attached hydrogens (tertiary/aromatic N) is 3. The van der Waals surface area contributed by atoms with Gasteiger partial charge in [0.25, 0.3) is 0 Å². The molecule has 0 aliphatic rings. The van der Waals surface area contributed by atoms with E-state index < -0.39 is 180 Å². The zero-order valence-corrected chi connectivity index (χ0v) is 37.5. The minimum Gasteiger partial charge on any atom is -0.309 e. The van der Waals surface area contributed by atoms with Gasteiger partial charge in [0, 0.05) is 49.4 Å². The van der Waals surface area contributed by atoms with E-state index in [1.54, 1.807) is 12.1 Å². The summed E-state index contributed by atoms with van der Waals surface area (Å²) in [6, 6.07) is 26.0. The Balaban J connectivity index is 1.17. The van der Waals surface area contributed by atoms with E-state index in [0.29, 0.717) is 5.56 Å². The van der Waals surface area contributed by atoms with Crippen LogP contribution in [0.1, 0.15) is 31.5 Å². The van der Waals surface area contributed by atoms with Gasteiger partial charge in [0.05, 0.1) is 64.6 Å². The molecule has 0 atom stereocenters. The Labute approximate surface area is 439 Å². The average molecular weight is 931 g/mol. The van der Waals surface area contributed by atoms with E-state index in [-0.39, 0.29) is 55.0 Å². The number of hydrogen-bond acceptors (Lipinski definition) is 0. The first kappa shape index (κ1) is 23.4. The van der Waals surface area contributed by atoms with Gasteiger partial charge in [0.1, 0.15) is 0 Å². The van der Waals surface area contributed by atoms with Gasteiger partial charge in [-0.3, -0.25) is 0 Å². The van der Waals surface area contributed by atoms with Gasteiger partial charge in [0.15, 0.2) is 8.07 Å². The molecule has 4 heteroatoms. The van der Waals surface area contributed by atoms with Gasteiger partial charge in [-0.15, -0.1) is 0 Å². The van der Waals surface area contributed by atoms with Crippen LogP contribution in [0.2, 0.25) is 0 Å². The standard InChI is InChI=1S/C66H45N3Si/c1-4-20-51(21-5-1)70(52-22-6-2-7-23-52,53-24-8-3-9-25-53)54-39-36-46(37-40-54)47-42-49(68-63-33-17-12-28-57(63)58-29-13-18-34-64(58)68)44-50(43-47)69-65-35-19-14-30-59(65)60-41-38-48(45-66(60)69)67-61-31-15-10-26-55(61)56-27-11-16-32-62(56)67/h1-45H/i10D,11D,12D,13D,14D,15D,16D,17D,18D,19D,26D,27D,28D,29D,30D,31D,32D,33D,34D,35D,38D,41D,45D. The van der Waals surface area contributed by atoms with Crippen molar-refractivity contribution in [1.82, 2.24) is 13.7 Å². The van der Waals surface area contributed by atoms with Crippen molar-refractivity contribution in [2.24, 2.45) is 0 Å². The molecule has 0 N–H and O–H groups in total. The van der Waals surface area contributed by atoms with Crippen molar-refractivity contribution < 1.29 is 31.5 Å². The fourth-order valence-electron chi connectivity index (χ4n) is 10.2. The molecule has 70 heavy (non-hydrogen) atoms. The summed E-state index contributed by atoms with van der Waals surface area (Å²) < 4.78 is 216. The van der Waals surface area contributed by atoms with Gasteiger partial charge in [-0.2, -0.15) is 0 Å². The molecule has 0 fully saturated rings. The van der Waals surface area contributed by atoms with E-state index in [2.05, 4.69) is 36.4 Å². The van der Waals surface area contributed by atoms with Crippen LogP contribution in [0.5, 0.6) is 0 Å². The maximum absolute atomic E-state index is 10.5. The molecule has 14 rings (SSSR count). The lowest BCUT2D eigenvalue weighted by molar-refractivity contribution is 1.13. The highest BCUT2D eigenvalue weighted by Gasteiger charge is 2.41. The van der Waals surface area contributed by atoms with Crippen LogP contribution in [0.25, 0.3) is 93.6 Å². The summed E-state index contributed by atoms with van der Waals surface area (Å²) in [5.41, 5.74) is -2.28. The van der Waals surface area contributed by atoms with Crippen LogP contribution < -0.4 is 20.7 Å². The van der Waals surface area contributed by atoms with Crippen LogP contribution in [0, 0.1) is 0 Å². The fraction of sp³-hybridized carbons (Fsp3) is 0. The third-order valence-corrected chi connectivity index (χ3v) is 17.9. The highest BCUT2D eigenvalue weighted by molar-refractivity contribution is 7.19. The Kier molecular flexibility index (Phi) is 5.37. The lowest BCUT2D eigenvalue weighted by atomic mass is 10.0. The van der Waals surface area contributed by atoms with Crippen molar-refractivity contribution in [2.75, 3.05) is 0 Å². The zero-order chi connectivity index (χ0) is 66.2. The number of para-hydroxylation sites is 5. The Hall–Kier alpha value is -8.96. The van der Waals surface area contributed by atoms with Gasteiger partial charge < -0.3 is 13.7 Å². The first-order valence-electron chi connectivity index (χ1n) is 33.8. The normalized spacial score (nSPS) is 16.6. The topological polar surface area (TPSA) is 14.8 Å². The molecule has 328 valence electrons. The molecule has 0 aliphatic carbocycles. The van der Waals surface area contributed by atoms with E-state index in [0.717, 1.165) is 25.3 Å². The summed E-state index contributed by atoms with van der Waals surface area (Å²) in [4.78, 5) is 0. The summed E-state index contributed by atoms with van der Waals surface area (Å²) in [6.45, 7) is 0. The van der Waals surface area contributed by atoms with Crippen molar-refractivity contribution in [3.05, 3.63) is 272 Å². The van der Waals surface area contributed by atoms with Crippen molar-refractivity contribution in [3.63, 3.8) is 0 Å². The minimum absolute atomic E-state index is 0.0385. The van der Waals surface area contributed by atoms with Crippen LogP contribution >= 0.6 is 0 Å². The Morgan fingerprint density at radius 2 is 0.600 bits per heavy atom. The number of benzene rings is 11. The Bertz CT molecular complexity index is 5400. The summed E-state index contributed by atoms with van der Waals surface area (Å²) in [5, 5.41) is 2.12. The molecule has 0 bridgehead atoms. The molecule has 14 aromatic rings. The van der Waals surface area contributed by atoms with Crippen LogP contribution in [0.15, 0.2) is 272 Å². The van der Waals surface area contributed by atoms with E-state index in [9.17, 15) is 15.1 Å². The predicted octanol–water partition coefficient (Wildman–Crippen LogP) is 14.0. The highest BCUT2D eigenvalue weighted by Crippen LogP contribution is 2.40. The highest BCUT2D eigenvalue weighted by atomic mass is 28.3. The van der Waals surface area contributed by atoms with Crippen LogP contribution in [-0.4, -0.2) is 21.8 Å². The predicted molar refractivity (Wildman–Crippen MR) is 299 cm³/mol. The Morgan fingerprint density at radius 1 is 0.271 bits per heavy atom. The molecule has 0 saturated carbocycles. The number of aromatic nitrogens is 3. The van der Waals surface area contributed by atoms with Gasteiger partial charge in [-0.1, -0.05) is 212 Å². The fourth-order valence-corrected chi connectivity index (χ4v) is 14.9. The lowest BCUT2D eigenvalue weighted by Gasteiger charge is -2.34. The van der Waals surface area contributed by atoms with Crippen molar-refractivity contribution in [1.29, 1.82) is 0 Å². The molecule has 3 heterocycles. The molecule has 0 aliphatic heterocycles. The SMILES string of the molecule is [2H]c1c([2H])c([2H])c2c(c1[2H])c1c([2H])c([2H])c([2H])c([2H])c1n2-c1cc(-c2ccc([Si](c3ccccc3)(c3ccccc3)c3ccccc3)cc2)cc(-n2c3c([2H])c([2H])c([2H])c([2H])c3c3c([2H])c([2H])c(-n4c5c([2H])c([2H])c([2H])c([2H])c5c5c([2H])c([2H])c([2H])c([2H])c54)c([2H])c32)c1. The van der Waals surface area contributed by atoms with Crippen LogP contribution in [-0.2, 0) is 0 Å². The van der Waals surface area contributed by atoms with Crippen molar-refractivity contribution in [2.45, 2.75) is 0 Å². The number of rotatable bonds is 8. The summed E-state index contributed by atoms with van der Waals surface area (Å²) >= 11 is 0. The molecule has 0 spiro atoms. The molecule has 11 aromatic carbocycles. The smallest absolute Gasteiger partial charge is 0.179 e. The van der Waals surface area contributed by atoms with E-state index >= 15 is 0 Å². The number of hydrogen-bond donors (Lipinski definition) is 0. The van der Waals surface area contributed by atoms with Gasteiger partial charge in [-0.25, -0.2) is 0 Å².